The minimum absolute atomic E-state index is 0.0202. The predicted molar refractivity (Wildman–Crippen MR) is 151 cm³/mol. The van der Waals surface area contributed by atoms with E-state index in [0.717, 1.165) is 55.0 Å². The van der Waals surface area contributed by atoms with Crippen molar-refractivity contribution in [3.63, 3.8) is 0 Å². The molecule has 2 aromatic rings. The van der Waals surface area contributed by atoms with Crippen LogP contribution in [0, 0.1) is 18.8 Å². The first-order valence-electron chi connectivity index (χ1n) is 14.8. The molecule has 3 fully saturated rings. The van der Waals surface area contributed by atoms with Crippen molar-refractivity contribution in [3.05, 3.63) is 64.7 Å². The van der Waals surface area contributed by atoms with E-state index in [1.807, 2.05) is 49.2 Å². The highest BCUT2D eigenvalue weighted by molar-refractivity contribution is 5.92. The largest absolute Gasteiger partial charge is 0.504 e. The number of rotatable bonds is 6. The summed E-state index contributed by atoms with van der Waals surface area (Å²) in [6.07, 6.45) is 8.76. The van der Waals surface area contributed by atoms with Crippen LogP contribution in [0.1, 0.15) is 61.3 Å². The van der Waals surface area contributed by atoms with Gasteiger partial charge in [-0.25, -0.2) is 0 Å². The van der Waals surface area contributed by atoms with Gasteiger partial charge in [0.25, 0.3) is 0 Å². The molecule has 3 aliphatic carbocycles. The number of aromatic hydroxyl groups is 1. The van der Waals surface area contributed by atoms with Crippen LogP contribution in [0.2, 0.25) is 0 Å². The van der Waals surface area contributed by atoms with Crippen molar-refractivity contribution in [2.45, 2.75) is 81.6 Å². The fraction of sp³-hybridized carbons (Fsp3) is 0.545. The standard InChI is InChI=1S/C33H40N2O4/c1-4-24-18-25(34(3)28(37)13-10-21-7-5-6-20(2)16-21)31-32-14-15-35(19-22-8-9-22)27(33(24,32)38)17-23-11-12-26(36)30(39-31)29(23)32/h5-7,10-13,16,22,24-25,27,31,36,38H,4,8-9,14-15,17-19H2,1-3H3/t24-,25-,27+,31+,32-,33+/m0/s1. The number of carbonyl (C=O) groups excluding carboxylic acids is 1. The Morgan fingerprint density at radius 2 is 2.08 bits per heavy atom. The van der Waals surface area contributed by atoms with E-state index in [1.54, 1.807) is 12.1 Å². The fourth-order valence-corrected chi connectivity index (χ4v) is 8.75. The summed E-state index contributed by atoms with van der Waals surface area (Å²) in [4.78, 5) is 18.0. The van der Waals surface area contributed by atoms with Crippen LogP contribution in [0.4, 0.5) is 0 Å². The van der Waals surface area contributed by atoms with Crippen molar-refractivity contribution in [3.8, 4) is 11.5 Å². The molecule has 1 spiro atoms. The van der Waals surface area contributed by atoms with Crippen LogP contribution in [-0.4, -0.2) is 69.8 Å². The molecule has 2 bridgehead atoms. The second-order valence-electron chi connectivity index (χ2n) is 12.8. The molecule has 2 aromatic carbocycles. The quantitative estimate of drug-likeness (QED) is 0.543. The number of aryl methyl sites for hydroxylation is 1. The normalized spacial score (nSPS) is 34.6. The molecular weight excluding hydrogens is 488 g/mol. The van der Waals surface area contributed by atoms with Crippen LogP contribution < -0.4 is 4.74 Å². The average molecular weight is 529 g/mol. The summed E-state index contributed by atoms with van der Waals surface area (Å²) in [6, 6.07) is 11.7. The first-order chi connectivity index (χ1) is 18.8. The lowest BCUT2D eigenvalue weighted by Gasteiger charge is -2.67. The molecule has 206 valence electrons. The second-order valence-corrected chi connectivity index (χ2v) is 12.8. The Bertz CT molecular complexity index is 1350. The molecule has 1 amide bonds. The van der Waals surface area contributed by atoms with E-state index in [9.17, 15) is 15.0 Å². The molecule has 6 heteroatoms. The number of ether oxygens (including phenoxy) is 1. The van der Waals surface area contributed by atoms with E-state index in [1.165, 1.54) is 18.4 Å². The number of nitrogens with zero attached hydrogens (tertiary/aromatic N) is 2. The van der Waals surface area contributed by atoms with Gasteiger partial charge in [0, 0.05) is 31.3 Å². The first kappa shape index (κ1) is 25.2. The maximum absolute atomic E-state index is 13.6. The zero-order chi connectivity index (χ0) is 27.1. The minimum atomic E-state index is -0.969. The molecule has 2 saturated carbocycles. The molecule has 6 atom stereocenters. The summed E-state index contributed by atoms with van der Waals surface area (Å²) in [7, 11) is 1.87. The highest BCUT2D eigenvalue weighted by atomic mass is 16.5. The molecular formula is C33H40N2O4. The zero-order valence-corrected chi connectivity index (χ0v) is 23.3. The molecule has 2 N–H and O–H groups in total. The fourth-order valence-electron chi connectivity index (χ4n) is 8.75. The van der Waals surface area contributed by atoms with Gasteiger partial charge in [0.15, 0.2) is 11.5 Å². The molecule has 7 rings (SSSR count). The van der Waals surface area contributed by atoms with Gasteiger partial charge in [-0.15, -0.1) is 0 Å². The van der Waals surface area contributed by atoms with Crippen LogP contribution in [0.3, 0.4) is 0 Å². The van der Waals surface area contributed by atoms with E-state index in [4.69, 9.17) is 4.74 Å². The van der Waals surface area contributed by atoms with Crippen LogP contribution in [0.15, 0.2) is 42.5 Å². The van der Waals surface area contributed by atoms with Crippen molar-refractivity contribution < 1.29 is 19.7 Å². The van der Waals surface area contributed by atoms with E-state index in [0.29, 0.717) is 12.2 Å². The van der Waals surface area contributed by atoms with Crippen molar-refractivity contribution in [2.75, 3.05) is 20.1 Å². The lowest BCUT2D eigenvalue weighted by atomic mass is 9.45. The number of benzene rings is 2. The molecule has 0 unspecified atom stereocenters. The molecule has 0 radical (unpaired) electrons. The number of likely N-dealkylation sites (N-methyl/N-ethyl adjacent to an activating group) is 1. The summed E-state index contributed by atoms with van der Waals surface area (Å²) in [5.41, 5.74) is 2.74. The van der Waals surface area contributed by atoms with Crippen molar-refractivity contribution >= 4 is 12.0 Å². The van der Waals surface area contributed by atoms with Gasteiger partial charge in [-0.1, -0.05) is 49.2 Å². The van der Waals surface area contributed by atoms with Gasteiger partial charge in [-0.05, 0) is 80.7 Å². The number of amides is 1. The molecule has 6 nitrogen and oxygen atoms in total. The highest BCUT2D eigenvalue weighted by Crippen LogP contribution is 2.67. The van der Waals surface area contributed by atoms with Crippen LogP contribution in [-0.2, 0) is 16.6 Å². The number of hydrogen-bond donors (Lipinski definition) is 2. The van der Waals surface area contributed by atoms with Gasteiger partial charge >= 0.3 is 0 Å². The first-order valence-corrected chi connectivity index (χ1v) is 14.8. The van der Waals surface area contributed by atoms with Gasteiger partial charge < -0.3 is 19.8 Å². The Kier molecular flexibility index (Phi) is 5.70. The summed E-state index contributed by atoms with van der Waals surface area (Å²) in [6.45, 7) is 6.18. The van der Waals surface area contributed by atoms with E-state index in [-0.39, 0.29) is 29.7 Å². The molecule has 5 aliphatic rings. The Labute approximate surface area is 231 Å². The predicted octanol–water partition coefficient (Wildman–Crippen LogP) is 4.44. The Balaban J connectivity index is 1.29. The van der Waals surface area contributed by atoms with Crippen LogP contribution >= 0.6 is 0 Å². The maximum atomic E-state index is 13.6. The second kappa shape index (κ2) is 8.84. The number of likely N-dealkylation sites (tertiary alicyclic amines) is 1. The van der Waals surface area contributed by atoms with Gasteiger partial charge in [0.2, 0.25) is 5.91 Å². The number of hydrogen-bond acceptors (Lipinski definition) is 5. The Morgan fingerprint density at radius 3 is 2.82 bits per heavy atom. The zero-order valence-electron chi connectivity index (χ0n) is 23.3. The number of phenols is 1. The number of piperidine rings is 1. The molecule has 39 heavy (non-hydrogen) atoms. The van der Waals surface area contributed by atoms with E-state index >= 15 is 0 Å². The van der Waals surface area contributed by atoms with Crippen molar-refractivity contribution in [1.29, 1.82) is 0 Å². The third kappa shape index (κ3) is 3.50. The summed E-state index contributed by atoms with van der Waals surface area (Å²) < 4.78 is 6.71. The number of aliphatic hydroxyl groups is 1. The third-order valence-electron chi connectivity index (χ3n) is 10.8. The van der Waals surface area contributed by atoms with Gasteiger partial charge in [-0.3, -0.25) is 9.69 Å². The molecule has 1 saturated heterocycles. The lowest BCUT2D eigenvalue weighted by Crippen LogP contribution is -2.81. The number of carbonyl (C=O) groups is 1. The monoisotopic (exact) mass is 528 g/mol. The highest BCUT2D eigenvalue weighted by Gasteiger charge is 2.75. The summed E-state index contributed by atoms with van der Waals surface area (Å²) >= 11 is 0. The van der Waals surface area contributed by atoms with Crippen molar-refractivity contribution in [2.24, 2.45) is 11.8 Å². The SMILES string of the molecule is CC[C@H]1C[C@H](N(C)C(=O)C=Cc2cccc(C)c2)[C@H]2Oc3c(O)ccc4c3[C@@]23CCN(CC2CC2)[C@H](C4)[C@]13O. The Hall–Kier alpha value is -2.83. The summed E-state index contributed by atoms with van der Waals surface area (Å²) in [5, 5.41) is 24.0. The van der Waals surface area contributed by atoms with Crippen LogP contribution in [0.5, 0.6) is 11.5 Å². The van der Waals surface area contributed by atoms with Gasteiger partial charge in [-0.2, -0.15) is 0 Å². The smallest absolute Gasteiger partial charge is 0.246 e. The maximum Gasteiger partial charge on any atom is 0.246 e. The number of phenolic OH excluding ortho intramolecular Hbond substituents is 1. The third-order valence-corrected chi connectivity index (χ3v) is 10.8. The molecule has 0 aromatic heterocycles. The van der Waals surface area contributed by atoms with Crippen LogP contribution in [0.25, 0.3) is 6.08 Å². The van der Waals surface area contributed by atoms with Gasteiger partial charge in [0.05, 0.1) is 17.1 Å². The topological polar surface area (TPSA) is 73.2 Å². The lowest BCUT2D eigenvalue weighted by molar-refractivity contribution is -0.228. The van der Waals surface area contributed by atoms with Gasteiger partial charge in [0.1, 0.15) is 6.10 Å². The summed E-state index contributed by atoms with van der Waals surface area (Å²) in [5.74, 6) is 1.37. The molecule has 2 aliphatic heterocycles. The van der Waals surface area contributed by atoms with E-state index < -0.39 is 17.1 Å². The molecule has 2 heterocycles. The minimum Gasteiger partial charge on any atom is -0.504 e. The Morgan fingerprint density at radius 1 is 1.26 bits per heavy atom. The van der Waals surface area contributed by atoms with Crippen molar-refractivity contribution in [1.82, 2.24) is 9.80 Å². The van der Waals surface area contributed by atoms with E-state index in [2.05, 4.69) is 17.9 Å². The average Bonchev–Trinajstić information content (AvgIpc) is 3.67.